The molecule has 3 saturated heterocycles. The van der Waals surface area contributed by atoms with Crippen molar-refractivity contribution >= 4 is 0 Å². The Morgan fingerprint density at radius 1 is 0.588 bits per heavy atom. The summed E-state index contributed by atoms with van der Waals surface area (Å²) < 4.78 is 26.2. The Hall–Kier alpha value is -0.640. The Bertz CT molecular complexity index is 641. The summed E-state index contributed by atoms with van der Waals surface area (Å²) in [6.07, 6.45) is -23.8. The summed E-state index contributed by atoms with van der Waals surface area (Å²) in [6, 6.07) is 0. The van der Waals surface area contributed by atoms with Crippen LogP contribution in [0.25, 0.3) is 0 Å². The van der Waals surface area contributed by atoms with Crippen molar-refractivity contribution in [2.24, 2.45) is 0 Å². The molecule has 0 saturated carbocycles. The largest absolute Gasteiger partial charge is 0.394 e. The molecule has 11 N–H and O–H groups in total. The van der Waals surface area contributed by atoms with Gasteiger partial charge in [0.05, 0.1) is 19.8 Å². The van der Waals surface area contributed by atoms with Crippen LogP contribution >= 0.6 is 0 Å². The van der Waals surface area contributed by atoms with Gasteiger partial charge in [-0.1, -0.05) is 0 Å². The molecule has 0 bridgehead atoms. The molecule has 34 heavy (non-hydrogen) atoms. The van der Waals surface area contributed by atoms with Gasteiger partial charge in [-0.25, -0.2) is 0 Å². The lowest BCUT2D eigenvalue weighted by atomic mass is 10.0. The Morgan fingerprint density at radius 3 is 1.68 bits per heavy atom. The van der Waals surface area contributed by atoms with Crippen LogP contribution in [0.2, 0.25) is 0 Å². The molecule has 0 aromatic rings. The molecule has 0 aromatic heterocycles. The number of rotatable bonds is 10. The summed E-state index contributed by atoms with van der Waals surface area (Å²) in [6.45, 7) is -2.25. The van der Waals surface area contributed by atoms with Gasteiger partial charge in [-0.2, -0.15) is 0 Å². The third kappa shape index (κ3) is 5.52. The minimum absolute atomic E-state index is 0.635. The van der Waals surface area contributed by atoms with Gasteiger partial charge in [0, 0.05) is 0 Å². The van der Waals surface area contributed by atoms with E-state index in [9.17, 15) is 51.1 Å². The average molecular weight is 504 g/mol. The van der Waals surface area contributed by atoms with Crippen LogP contribution in [-0.4, -0.2) is 168 Å². The SMILES string of the molecule is OC[C@@H](O)[C@@H]1O[C@@H](O[C@@H]2[C@@H](O)[C@H](OC[C@@H](O)[C@@H]3OC(O)[C@H](O)[C@H]3O)O[C@H]2[C@H](O)CO)[C@H](O)[C@H]1O. The fourth-order valence-corrected chi connectivity index (χ4v) is 4.02. The van der Waals surface area contributed by atoms with Gasteiger partial charge in [0.1, 0.15) is 73.2 Å². The summed E-state index contributed by atoms with van der Waals surface area (Å²) in [5, 5.41) is 108. The zero-order valence-electron chi connectivity index (χ0n) is 17.7. The minimum atomic E-state index is -1.73. The van der Waals surface area contributed by atoms with Crippen molar-refractivity contribution in [1.82, 2.24) is 0 Å². The highest BCUT2D eigenvalue weighted by molar-refractivity contribution is 4.96. The quantitative estimate of drug-likeness (QED) is 0.132. The van der Waals surface area contributed by atoms with E-state index in [0.717, 1.165) is 0 Å². The molecule has 1 unspecified atom stereocenters. The second-order valence-corrected chi connectivity index (χ2v) is 8.38. The first-order valence-electron chi connectivity index (χ1n) is 10.6. The van der Waals surface area contributed by atoms with E-state index < -0.39 is 112 Å². The highest BCUT2D eigenvalue weighted by atomic mass is 16.8. The normalized spacial score (nSPS) is 47.7. The summed E-state index contributed by atoms with van der Waals surface area (Å²) in [4.78, 5) is 0. The van der Waals surface area contributed by atoms with Crippen molar-refractivity contribution in [1.29, 1.82) is 0 Å². The minimum Gasteiger partial charge on any atom is -0.394 e. The van der Waals surface area contributed by atoms with Gasteiger partial charge in [-0.05, 0) is 0 Å². The Labute approximate surface area is 192 Å². The fraction of sp³-hybridized carbons (Fsp3) is 1.00. The first kappa shape index (κ1) is 27.9. The van der Waals surface area contributed by atoms with Crippen molar-refractivity contribution in [2.75, 3.05) is 19.8 Å². The van der Waals surface area contributed by atoms with Crippen molar-refractivity contribution in [3.63, 3.8) is 0 Å². The van der Waals surface area contributed by atoms with Gasteiger partial charge in [0.15, 0.2) is 18.9 Å². The van der Waals surface area contributed by atoms with E-state index in [1.807, 2.05) is 0 Å². The second kappa shape index (κ2) is 11.6. The van der Waals surface area contributed by atoms with Gasteiger partial charge in [-0.15, -0.1) is 0 Å². The molecular formula is C18H32O16. The lowest BCUT2D eigenvalue weighted by Crippen LogP contribution is -2.47. The van der Waals surface area contributed by atoms with Gasteiger partial charge in [0.2, 0.25) is 0 Å². The van der Waals surface area contributed by atoms with Crippen LogP contribution in [0, 0.1) is 0 Å². The van der Waals surface area contributed by atoms with Gasteiger partial charge < -0.3 is 79.9 Å². The Kier molecular flexibility index (Phi) is 9.54. The van der Waals surface area contributed by atoms with Crippen LogP contribution in [0.15, 0.2) is 0 Å². The monoisotopic (exact) mass is 504 g/mol. The number of aliphatic hydroxyl groups is 11. The molecule has 0 amide bonds. The summed E-state index contributed by atoms with van der Waals surface area (Å²) in [7, 11) is 0. The molecule has 15 atom stereocenters. The summed E-state index contributed by atoms with van der Waals surface area (Å²) >= 11 is 0. The molecule has 3 fully saturated rings. The maximum absolute atomic E-state index is 10.6. The van der Waals surface area contributed by atoms with Gasteiger partial charge >= 0.3 is 0 Å². The van der Waals surface area contributed by atoms with Crippen molar-refractivity contribution in [3.05, 3.63) is 0 Å². The zero-order valence-corrected chi connectivity index (χ0v) is 17.7. The van der Waals surface area contributed by atoms with Gasteiger partial charge in [0.25, 0.3) is 0 Å². The molecule has 3 rings (SSSR count). The molecule has 200 valence electrons. The molecule has 16 heteroatoms. The van der Waals surface area contributed by atoms with Crippen molar-refractivity contribution in [2.45, 2.75) is 92.1 Å². The van der Waals surface area contributed by atoms with Crippen LogP contribution in [0.4, 0.5) is 0 Å². The number of hydrogen-bond donors (Lipinski definition) is 11. The van der Waals surface area contributed by atoms with Crippen LogP contribution in [0.5, 0.6) is 0 Å². The lowest BCUT2D eigenvalue weighted by molar-refractivity contribution is -0.226. The lowest BCUT2D eigenvalue weighted by Gasteiger charge is -2.27. The number of ether oxygens (including phenoxy) is 5. The molecule has 0 spiro atoms. The molecule has 16 nitrogen and oxygen atoms in total. The third-order valence-corrected chi connectivity index (χ3v) is 6.00. The van der Waals surface area contributed by atoms with E-state index in [1.54, 1.807) is 0 Å². The molecule has 3 heterocycles. The Balaban J connectivity index is 1.63. The molecule has 0 radical (unpaired) electrons. The summed E-state index contributed by atoms with van der Waals surface area (Å²) in [5.41, 5.74) is 0. The maximum atomic E-state index is 10.6. The topological polar surface area (TPSA) is 269 Å². The van der Waals surface area contributed by atoms with E-state index in [4.69, 9.17) is 28.8 Å². The fourth-order valence-electron chi connectivity index (χ4n) is 4.02. The number of hydrogen-bond acceptors (Lipinski definition) is 16. The van der Waals surface area contributed by atoms with E-state index >= 15 is 0 Å². The van der Waals surface area contributed by atoms with Gasteiger partial charge in [-0.3, -0.25) is 0 Å². The maximum Gasteiger partial charge on any atom is 0.187 e. The average Bonchev–Trinajstić information content (AvgIpc) is 3.39. The highest BCUT2D eigenvalue weighted by Crippen LogP contribution is 2.33. The van der Waals surface area contributed by atoms with Crippen LogP contribution in [0.1, 0.15) is 0 Å². The van der Waals surface area contributed by atoms with Crippen LogP contribution in [0.3, 0.4) is 0 Å². The smallest absolute Gasteiger partial charge is 0.187 e. The van der Waals surface area contributed by atoms with Crippen molar-refractivity contribution in [3.8, 4) is 0 Å². The first-order valence-corrected chi connectivity index (χ1v) is 10.6. The molecule has 3 aliphatic heterocycles. The van der Waals surface area contributed by atoms with Crippen LogP contribution in [-0.2, 0) is 23.7 Å². The van der Waals surface area contributed by atoms with E-state index in [-0.39, 0.29) is 0 Å². The van der Waals surface area contributed by atoms with Crippen LogP contribution < -0.4 is 0 Å². The first-order chi connectivity index (χ1) is 16.0. The molecule has 0 aliphatic carbocycles. The van der Waals surface area contributed by atoms with E-state index in [2.05, 4.69) is 0 Å². The van der Waals surface area contributed by atoms with E-state index in [1.165, 1.54) is 0 Å². The Morgan fingerprint density at radius 2 is 1.12 bits per heavy atom. The molecule has 3 aliphatic rings. The standard InChI is InChI=1S/C18H32O16/c19-1-4(21)12-8(25)10(27)18(32-12)34-15-11(28)17(33-14(15)5(22)2-20)30-3-6(23)13-7(24)9(26)16(29)31-13/h4-29H,1-3H2/t4-,5-,6-,7-,8-,9-,10-,11-,12+,13+,14+,15-,16?,17-,18+/m1/s1. The zero-order chi connectivity index (χ0) is 25.3. The van der Waals surface area contributed by atoms with Crippen molar-refractivity contribution < 1.29 is 79.9 Å². The predicted molar refractivity (Wildman–Crippen MR) is 101 cm³/mol. The molecule has 0 aromatic carbocycles. The summed E-state index contributed by atoms with van der Waals surface area (Å²) in [5.74, 6) is 0. The third-order valence-electron chi connectivity index (χ3n) is 6.00. The predicted octanol–water partition coefficient (Wildman–Crippen LogP) is -7.57. The number of aliphatic hydroxyl groups excluding tert-OH is 11. The molecular weight excluding hydrogens is 472 g/mol. The highest BCUT2D eigenvalue weighted by Gasteiger charge is 2.54. The van der Waals surface area contributed by atoms with E-state index in [0.29, 0.717) is 0 Å². The second-order valence-electron chi connectivity index (χ2n) is 8.38.